The number of carboxylic acids is 1. The molecular weight excluding hydrogens is 358 g/mol. The van der Waals surface area contributed by atoms with E-state index in [4.69, 9.17) is 9.26 Å². The van der Waals surface area contributed by atoms with Gasteiger partial charge in [-0.1, -0.05) is 25.9 Å². The number of esters is 1. The molecule has 0 amide bonds. The van der Waals surface area contributed by atoms with Crippen molar-refractivity contribution < 1.29 is 24.0 Å². The van der Waals surface area contributed by atoms with Crippen molar-refractivity contribution in [3.8, 4) is 0 Å². The lowest BCUT2D eigenvalue weighted by Gasteiger charge is -2.38. The van der Waals surface area contributed by atoms with Gasteiger partial charge in [-0.15, -0.1) is 0 Å². The molecule has 0 radical (unpaired) electrons. The van der Waals surface area contributed by atoms with Gasteiger partial charge in [0.1, 0.15) is 5.76 Å². The number of nitrogens with zero attached hydrogens (tertiary/aromatic N) is 1. The first-order valence-electron chi connectivity index (χ1n) is 10.4. The highest BCUT2D eigenvalue weighted by molar-refractivity contribution is 5.70. The molecule has 6 nitrogen and oxygen atoms in total. The lowest BCUT2D eigenvalue weighted by atomic mass is 9.66. The highest BCUT2D eigenvalue weighted by Crippen LogP contribution is 2.53. The van der Waals surface area contributed by atoms with Crippen LogP contribution in [-0.4, -0.2) is 24.2 Å². The third-order valence-electron chi connectivity index (χ3n) is 6.00. The molecule has 28 heavy (non-hydrogen) atoms. The number of rotatable bonds is 9. The van der Waals surface area contributed by atoms with Gasteiger partial charge < -0.3 is 19.2 Å². The van der Waals surface area contributed by atoms with Gasteiger partial charge in [-0.05, 0) is 62.2 Å². The van der Waals surface area contributed by atoms with Gasteiger partial charge in [-0.2, -0.15) is 0 Å². The number of carbonyl (C=O) groups excluding carboxylic acids is 2. The number of hydrogen-bond donors (Lipinski definition) is 0. The first-order valence-corrected chi connectivity index (χ1v) is 10.4. The van der Waals surface area contributed by atoms with Crippen molar-refractivity contribution >= 4 is 11.9 Å². The highest BCUT2D eigenvalue weighted by atomic mass is 16.5. The van der Waals surface area contributed by atoms with Crippen LogP contribution in [-0.2, 0) is 14.3 Å². The highest BCUT2D eigenvalue weighted by Gasteiger charge is 2.42. The van der Waals surface area contributed by atoms with Gasteiger partial charge >= 0.3 is 5.97 Å². The molecule has 1 aromatic rings. The van der Waals surface area contributed by atoms with E-state index in [2.05, 4.69) is 25.9 Å². The van der Waals surface area contributed by atoms with E-state index in [0.717, 1.165) is 42.7 Å². The van der Waals surface area contributed by atoms with Crippen molar-refractivity contribution in [3.63, 3.8) is 0 Å². The van der Waals surface area contributed by atoms with Gasteiger partial charge in [-0.25, -0.2) is 0 Å². The molecule has 1 unspecified atom stereocenters. The van der Waals surface area contributed by atoms with E-state index < -0.39 is 5.97 Å². The summed E-state index contributed by atoms with van der Waals surface area (Å²) in [6, 6.07) is 0. The number of ether oxygens (including phenoxy) is 1. The molecule has 0 N–H and O–H groups in total. The van der Waals surface area contributed by atoms with Gasteiger partial charge in [0.2, 0.25) is 0 Å². The topological polar surface area (TPSA) is 92.5 Å². The standard InChI is InChI=1S/C22H33NO5/c1-22(2,3)12-13-9-16(10-13)21-19(14-5-6-14)20(23-28-21)15(11-17(24)25)7-8-18(26)27-4/h13-16H,5-12H2,1-4H3,(H,24,25)/p-1. The number of methoxy groups -OCH3 is 1. The second-order valence-corrected chi connectivity index (χ2v) is 9.81. The zero-order valence-corrected chi connectivity index (χ0v) is 17.5. The molecule has 2 saturated carbocycles. The monoisotopic (exact) mass is 390 g/mol. The maximum Gasteiger partial charge on any atom is 0.305 e. The fraction of sp³-hybridized carbons (Fsp3) is 0.773. The Bertz CT molecular complexity index is 707. The molecule has 3 rings (SSSR count). The molecule has 2 aliphatic rings. The van der Waals surface area contributed by atoms with Gasteiger partial charge in [0, 0.05) is 29.8 Å². The number of aliphatic carboxylic acids is 1. The van der Waals surface area contributed by atoms with Gasteiger partial charge in [0.15, 0.2) is 0 Å². The van der Waals surface area contributed by atoms with Crippen molar-refractivity contribution in [2.24, 2.45) is 11.3 Å². The van der Waals surface area contributed by atoms with Crippen molar-refractivity contribution in [3.05, 3.63) is 17.0 Å². The van der Waals surface area contributed by atoms with Crippen LogP contribution >= 0.6 is 0 Å². The lowest BCUT2D eigenvalue weighted by molar-refractivity contribution is -0.306. The molecule has 1 aromatic heterocycles. The van der Waals surface area contributed by atoms with Crippen molar-refractivity contribution in [2.75, 3.05) is 7.11 Å². The van der Waals surface area contributed by atoms with Crippen LogP contribution in [0.2, 0.25) is 0 Å². The first kappa shape index (κ1) is 20.9. The second kappa shape index (κ2) is 8.26. The van der Waals surface area contributed by atoms with E-state index in [1.807, 2.05) is 0 Å². The Hall–Kier alpha value is -1.85. The summed E-state index contributed by atoms with van der Waals surface area (Å²) >= 11 is 0. The Balaban J connectivity index is 1.76. The maximum atomic E-state index is 11.6. The van der Waals surface area contributed by atoms with Crippen LogP contribution in [0, 0.1) is 11.3 Å². The van der Waals surface area contributed by atoms with Crippen LogP contribution in [0.3, 0.4) is 0 Å². The summed E-state index contributed by atoms with van der Waals surface area (Å²) in [5.74, 6) is 0.628. The molecule has 2 aliphatic carbocycles. The summed E-state index contributed by atoms with van der Waals surface area (Å²) in [4.78, 5) is 22.8. The minimum absolute atomic E-state index is 0.153. The number of aromatic nitrogens is 1. The summed E-state index contributed by atoms with van der Waals surface area (Å²) in [6.07, 6.45) is 6.00. The number of hydrogen-bond acceptors (Lipinski definition) is 6. The van der Waals surface area contributed by atoms with E-state index in [9.17, 15) is 14.7 Å². The quantitative estimate of drug-likeness (QED) is 0.598. The Morgan fingerprint density at radius 3 is 2.46 bits per heavy atom. The Kier molecular flexibility index (Phi) is 6.15. The number of carbonyl (C=O) groups is 2. The fourth-order valence-electron chi connectivity index (χ4n) is 4.61. The molecule has 6 heteroatoms. The molecule has 1 atom stereocenters. The Morgan fingerprint density at radius 1 is 1.25 bits per heavy atom. The molecule has 2 fully saturated rings. The van der Waals surface area contributed by atoms with E-state index in [-0.39, 0.29) is 24.7 Å². The zero-order chi connectivity index (χ0) is 20.5. The van der Waals surface area contributed by atoms with Crippen molar-refractivity contribution in [1.29, 1.82) is 0 Å². The summed E-state index contributed by atoms with van der Waals surface area (Å²) in [5.41, 5.74) is 2.18. The lowest BCUT2D eigenvalue weighted by Crippen LogP contribution is -2.27. The summed E-state index contributed by atoms with van der Waals surface area (Å²) < 4.78 is 10.5. The Labute approximate surface area is 167 Å². The largest absolute Gasteiger partial charge is 0.550 e. The second-order valence-electron chi connectivity index (χ2n) is 9.81. The third kappa shape index (κ3) is 5.15. The fourth-order valence-corrected chi connectivity index (χ4v) is 4.61. The minimum Gasteiger partial charge on any atom is -0.550 e. The summed E-state index contributed by atoms with van der Waals surface area (Å²) in [6.45, 7) is 6.82. The van der Waals surface area contributed by atoms with Crippen LogP contribution in [0.5, 0.6) is 0 Å². The van der Waals surface area contributed by atoms with E-state index >= 15 is 0 Å². The summed E-state index contributed by atoms with van der Waals surface area (Å²) in [7, 11) is 1.34. The van der Waals surface area contributed by atoms with Crippen molar-refractivity contribution in [2.45, 2.75) is 89.9 Å². The first-order chi connectivity index (χ1) is 13.2. The molecule has 1 heterocycles. The molecule has 0 spiro atoms. The van der Waals surface area contributed by atoms with Crippen LogP contribution < -0.4 is 5.11 Å². The van der Waals surface area contributed by atoms with Gasteiger partial charge in [0.05, 0.1) is 12.8 Å². The molecular formula is C22H32NO5-. The minimum atomic E-state index is -1.13. The van der Waals surface area contributed by atoms with Gasteiger partial charge in [0.25, 0.3) is 0 Å². The molecule has 156 valence electrons. The number of carboxylic acid groups (broad SMARTS) is 1. The van der Waals surface area contributed by atoms with Crippen LogP contribution in [0.4, 0.5) is 0 Å². The van der Waals surface area contributed by atoms with Crippen LogP contribution in [0.25, 0.3) is 0 Å². The van der Waals surface area contributed by atoms with Crippen molar-refractivity contribution in [1.82, 2.24) is 5.16 Å². The van der Waals surface area contributed by atoms with Crippen LogP contribution in [0.15, 0.2) is 4.52 Å². The van der Waals surface area contributed by atoms with Crippen LogP contribution in [0.1, 0.15) is 107 Å². The Morgan fingerprint density at radius 2 is 1.93 bits per heavy atom. The smallest absolute Gasteiger partial charge is 0.305 e. The average molecular weight is 391 g/mol. The SMILES string of the molecule is COC(=O)CCC(CC(=O)[O-])c1noc(C2CC(CC(C)(C)C)C2)c1C1CC1. The molecule has 0 aromatic carbocycles. The predicted molar refractivity (Wildman–Crippen MR) is 102 cm³/mol. The maximum absolute atomic E-state index is 11.6. The van der Waals surface area contributed by atoms with E-state index in [0.29, 0.717) is 29.6 Å². The molecule has 0 saturated heterocycles. The zero-order valence-electron chi connectivity index (χ0n) is 17.5. The van der Waals surface area contributed by atoms with E-state index in [1.165, 1.54) is 13.5 Å². The molecule has 0 aliphatic heterocycles. The normalized spacial score (nSPS) is 23.1. The predicted octanol–water partition coefficient (Wildman–Crippen LogP) is 3.66. The van der Waals surface area contributed by atoms with Gasteiger partial charge in [-0.3, -0.25) is 4.79 Å². The third-order valence-corrected chi connectivity index (χ3v) is 6.00. The average Bonchev–Trinajstić information content (AvgIpc) is 3.32. The molecule has 0 bridgehead atoms. The van der Waals surface area contributed by atoms with E-state index in [1.54, 1.807) is 0 Å². The summed E-state index contributed by atoms with van der Waals surface area (Å²) in [5, 5.41) is 15.6.